The van der Waals surface area contributed by atoms with E-state index in [1.807, 2.05) is 0 Å². The highest BCUT2D eigenvalue weighted by Gasteiger charge is 2.04. The third kappa shape index (κ3) is 5.36. The lowest BCUT2D eigenvalue weighted by Crippen LogP contribution is -2.17. The summed E-state index contributed by atoms with van der Waals surface area (Å²) in [7, 11) is 0. The van der Waals surface area contributed by atoms with E-state index in [1.54, 1.807) is 0 Å². The number of hydrogen-bond acceptors (Lipinski definition) is 1. The zero-order chi connectivity index (χ0) is 12.7. The van der Waals surface area contributed by atoms with E-state index in [9.17, 15) is 0 Å². The lowest BCUT2D eigenvalue weighted by Gasteiger charge is -2.12. The van der Waals surface area contributed by atoms with Crippen molar-refractivity contribution in [2.45, 2.75) is 46.5 Å². The SMILES string of the molecule is CCNCCC(C)Cc1ccc(C(C)C)cc1. The summed E-state index contributed by atoms with van der Waals surface area (Å²) < 4.78 is 0. The number of benzene rings is 1. The van der Waals surface area contributed by atoms with E-state index >= 15 is 0 Å². The van der Waals surface area contributed by atoms with Crippen molar-refractivity contribution in [2.24, 2.45) is 5.92 Å². The van der Waals surface area contributed by atoms with Crippen LogP contribution in [0.2, 0.25) is 0 Å². The van der Waals surface area contributed by atoms with Gasteiger partial charge in [0.25, 0.3) is 0 Å². The molecule has 0 aliphatic rings. The van der Waals surface area contributed by atoms with Crippen LogP contribution in [0, 0.1) is 5.92 Å². The Hall–Kier alpha value is -0.820. The predicted octanol–water partition coefficient (Wildman–Crippen LogP) is 3.99. The van der Waals surface area contributed by atoms with Crippen molar-refractivity contribution in [2.75, 3.05) is 13.1 Å². The topological polar surface area (TPSA) is 12.0 Å². The van der Waals surface area contributed by atoms with Gasteiger partial charge in [0.05, 0.1) is 0 Å². The first-order valence-electron chi connectivity index (χ1n) is 6.93. The van der Waals surface area contributed by atoms with E-state index < -0.39 is 0 Å². The summed E-state index contributed by atoms with van der Waals surface area (Å²) in [4.78, 5) is 0. The molecule has 1 aromatic rings. The minimum atomic E-state index is 0.634. The maximum Gasteiger partial charge on any atom is -0.00464 e. The van der Waals surface area contributed by atoms with Crippen LogP contribution in [0.25, 0.3) is 0 Å². The largest absolute Gasteiger partial charge is 0.317 e. The quantitative estimate of drug-likeness (QED) is 0.702. The molecule has 0 saturated heterocycles. The molecule has 0 aliphatic heterocycles. The standard InChI is InChI=1S/C16H27N/c1-5-17-11-10-14(4)12-15-6-8-16(9-7-15)13(2)3/h6-9,13-14,17H,5,10-12H2,1-4H3. The molecule has 0 fully saturated rings. The molecule has 96 valence electrons. The Labute approximate surface area is 107 Å². The molecule has 1 heteroatoms. The minimum absolute atomic E-state index is 0.634. The highest BCUT2D eigenvalue weighted by Crippen LogP contribution is 2.17. The van der Waals surface area contributed by atoms with Crippen molar-refractivity contribution in [3.63, 3.8) is 0 Å². The van der Waals surface area contributed by atoms with E-state index in [-0.39, 0.29) is 0 Å². The number of rotatable bonds is 7. The molecule has 0 aromatic heterocycles. The highest BCUT2D eigenvalue weighted by atomic mass is 14.8. The Balaban J connectivity index is 2.40. The molecule has 0 radical (unpaired) electrons. The smallest absolute Gasteiger partial charge is 0.00464 e. The maximum absolute atomic E-state index is 3.39. The summed E-state index contributed by atoms with van der Waals surface area (Å²) in [6, 6.07) is 9.13. The van der Waals surface area contributed by atoms with Gasteiger partial charge < -0.3 is 5.32 Å². The summed E-state index contributed by atoms with van der Waals surface area (Å²) in [5, 5.41) is 3.39. The van der Waals surface area contributed by atoms with Crippen LogP contribution in [0.15, 0.2) is 24.3 Å². The monoisotopic (exact) mass is 233 g/mol. The normalized spacial score (nSPS) is 13.0. The molecule has 1 rings (SSSR count). The second-order valence-electron chi connectivity index (χ2n) is 5.35. The fraction of sp³-hybridized carbons (Fsp3) is 0.625. The van der Waals surface area contributed by atoms with Crippen molar-refractivity contribution < 1.29 is 0 Å². The molecule has 1 nitrogen and oxygen atoms in total. The van der Waals surface area contributed by atoms with E-state index in [2.05, 4.69) is 57.3 Å². The Morgan fingerprint density at radius 1 is 1.06 bits per heavy atom. The van der Waals surface area contributed by atoms with E-state index in [0.29, 0.717) is 5.92 Å². The molecule has 17 heavy (non-hydrogen) atoms. The van der Waals surface area contributed by atoms with Gasteiger partial charge in [-0.25, -0.2) is 0 Å². The molecular weight excluding hydrogens is 206 g/mol. The molecule has 0 saturated carbocycles. The molecule has 1 aromatic carbocycles. The van der Waals surface area contributed by atoms with Crippen LogP contribution in [-0.2, 0) is 6.42 Å². The fourth-order valence-corrected chi connectivity index (χ4v) is 2.07. The van der Waals surface area contributed by atoms with Gasteiger partial charge in [-0.05, 0) is 48.9 Å². The average molecular weight is 233 g/mol. The minimum Gasteiger partial charge on any atom is -0.317 e. The second-order valence-corrected chi connectivity index (χ2v) is 5.35. The van der Waals surface area contributed by atoms with Gasteiger partial charge in [-0.2, -0.15) is 0 Å². The molecule has 1 unspecified atom stereocenters. The average Bonchev–Trinajstić information content (AvgIpc) is 2.30. The van der Waals surface area contributed by atoms with Crippen molar-refractivity contribution in [1.82, 2.24) is 5.32 Å². The third-order valence-electron chi connectivity index (χ3n) is 3.29. The van der Waals surface area contributed by atoms with Gasteiger partial charge in [-0.15, -0.1) is 0 Å². The van der Waals surface area contributed by atoms with Crippen molar-refractivity contribution in [3.8, 4) is 0 Å². The van der Waals surface area contributed by atoms with Crippen molar-refractivity contribution >= 4 is 0 Å². The van der Waals surface area contributed by atoms with Gasteiger partial charge in [0.15, 0.2) is 0 Å². The first-order chi connectivity index (χ1) is 8.13. The van der Waals surface area contributed by atoms with Gasteiger partial charge in [-0.3, -0.25) is 0 Å². The molecule has 1 N–H and O–H groups in total. The second kappa shape index (κ2) is 7.50. The van der Waals surface area contributed by atoms with E-state index in [0.717, 1.165) is 19.0 Å². The van der Waals surface area contributed by atoms with Crippen molar-refractivity contribution in [1.29, 1.82) is 0 Å². The van der Waals surface area contributed by atoms with Crippen LogP contribution < -0.4 is 5.32 Å². The summed E-state index contributed by atoms with van der Waals surface area (Å²) in [6.45, 7) is 11.2. The molecule has 0 aliphatic carbocycles. The molecule has 0 spiro atoms. The Morgan fingerprint density at radius 3 is 2.24 bits per heavy atom. The Morgan fingerprint density at radius 2 is 1.71 bits per heavy atom. The zero-order valence-electron chi connectivity index (χ0n) is 11.8. The fourth-order valence-electron chi connectivity index (χ4n) is 2.07. The third-order valence-corrected chi connectivity index (χ3v) is 3.29. The van der Waals surface area contributed by atoms with Gasteiger partial charge in [0.1, 0.15) is 0 Å². The summed E-state index contributed by atoms with van der Waals surface area (Å²) in [6.07, 6.45) is 2.46. The maximum atomic E-state index is 3.39. The lowest BCUT2D eigenvalue weighted by atomic mass is 9.95. The van der Waals surface area contributed by atoms with Crippen molar-refractivity contribution in [3.05, 3.63) is 35.4 Å². The molecular formula is C16H27N. The molecule has 0 bridgehead atoms. The summed E-state index contributed by atoms with van der Waals surface area (Å²) in [5.74, 6) is 1.40. The zero-order valence-corrected chi connectivity index (χ0v) is 11.8. The van der Waals surface area contributed by atoms with E-state index in [1.165, 1.54) is 24.0 Å². The first kappa shape index (κ1) is 14.2. The first-order valence-corrected chi connectivity index (χ1v) is 6.93. The number of nitrogens with one attached hydrogen (secondary N) is 1. The summed E-state index contributed by atoms with van der Waals surface area (Å²) in [5.41, 5.74) is 2.91. The molecule has 0 amide bonds. The van der Waals surface area contributed by atoms with E-state index in [4.69, 9.17) is 0 Å². The highest BCUT2D eigenvalue weighted by molar-refractivity contribution is 5.24. The van der Waals surface area contributed by atoms with Gasteiger partial charge in [0, 0.05) is 0 Å². The lowest BCUT2D eigenvalue weighted by molar-refractivity contribution is 0.504. The van der Waals surface area contributed by atoms with Crippen LogP contribution in [-0.4, -0.2) is 13.1 Å². The van der Waals surface area contributed by atoms with Gasteiger partial charge in [0.2, 0.25) is 0 Å². The van der Waals surface area contributed by atoms with Gasteiger partial charge >= 0.3 is 0 Å². The molecule has 0 heterocycles. The van der Waals surface area contributed by atoms with Crippen LogP contribution in [0.1, 0.15) is 51.2 Å². The van der Waals surface area contributed by atoms with Crippen LogP contribution >= 0.6 is 0 Å². The van der Waals surface area contributed by atoms with Gasteiger partial charge in [-0.1, -0.05) is 52.0 Å². The van der Waals surface area contributed by atoms with Crippen LogP contribution in [0.3, 0.4) is 0 Å². The summed E-state index contributed by atoms with van der Waals surface area (Å²) >= 11 is 0. The predicted molar refractivity (Wildman–Crippen MR) is 76.6 cm³/mol. The molecule has 1 atom stereocenters. The number of hydrogen-bond donors (Lipinski definition) is 1. The Kier molecular flexibility index (Phi) is 6.28. The van der Waals surface area contributed by atoms with Crippen LogP contribution in [0.4, 0.5) is 0 Å². The Bertz CT molecular complexity index is 300. The van der Waals surface area contributed by atoms with Crippen LogP contribution in [0.5, 0.6) is 0 Å².